The van der Waals surface area contributed by atoms with Crippen LogP contribution in [0.3, 0.4) is 0 Å². The fourth-order valence-corrected chi connectivity index (χ4v) is 1.41. The van der Waals surface area contributed by atoms with Crippen LogP contribution in [-0.2, 0) is 7.05 Å². The van der Waals surface area contributed by atoms with E-state index in [-0.39, 0.29) is 6.04 Å². The van der Waals surface area contributed by atoms with Crippen LogP contribution in [-0.4, -0.2) is 14.8 Å². The Hall–Kier alpha value is -1.88. The summed E-state index contributed by atoms with van der Waals surface area (Å²) in [4.78, 5) is 4.00. The fourth-order valence-electron chi connectivity index (χ4n) is 1.41. The van der Waals surface area contributed by atoms with E-state index in [1.807, 2.05) is 31.2 Å². The molecule has 1 aromatic heterocycles. The predicted molar refractivity (Wildman–Crippen MR) is 60.1 cm³/mol. The molecule has 0 fully saturated rings. The molecule has 0 amide bonds. The molecule has 0 spiro atoms. The average Bonchev–Trinajstić information content (AvgIpc) is 2.64. The number of nitrogens with two attached hydrogens (primary N) is 1. The Morgan fingerprint density at radius 3 is 2.75 bits per heavy atom. The third-order valence-corrected chi connectivity index (χ3v) is 2.19. The van der Waals surface area contributed by atoms with E-state index in [1.165, 1.54) is 0 Å². The van der Waals surface area contributed by atoms with E-state index in [4.69, 9.17) is 10.5 Å². The van der Waals surface area contributed by atoms with Gasteiger partial charge in [-0.25, -0.2) is 0 Å². The highest BCUT2D eigenvalue weighted by Gasteiger charge is 2.09. The zero-order valence-corrected chi connectivity index (χ0v) is 9.29. The third kappa shape index (κ3) is 2.20. The van der Waals surface area contributed by atoms with Crippen molar-refractivity contribution in [1.82, 2.24) is 14.8 Å². The maximum Gasteiger partial charge on any atom is 0.340 e. The molecule has 0 saturated carbocycles. The lowest BCUT2D eigenvalue weighted by Gasteiger charge is -2.10. The van der Waals surface area contributed by atoms with Crippen molar-refractivity contribution < 1.29 is 4.74 Å². The summed E-state index contributed by atoms with van der Waals surface area (Å²) in [6, 6.07) is 7.86. The lowest BCUT2D eigenvalue weighted by atomic mass is 10.1. The second-order valence-corrected chi connectivity index (χ2v) is 3.63. The van der Waals surface area contributed by atoms with Gasteiger partial charge in [0.2, 0.25) is 0 Å². The molecule has 2 aromatic rings. The number of hydrogen-bond donors (Lipinski definition) is 1. The predicted octanol–water partition coefficient (Wildman–Crippen LogP) is 1.63. The van der Waals surface area contributed by atoms with Crippen LogP contribution < -0.4 is 10.5 Å². The molecule has 1 heterocycles. The Balaban J connectivity index is 2.27. The number of ether oxygens (including phenoxy) is 1. The zero-order chi connectivity index (χ0) is 11.5. The molecular weight excluding hydrogens is 204 g/mol. The quantitative estimate of drug-likeness (QED) is 0.850. The van der Waals surface area contributed by atoms with Crippen molar-refractivity contribution in [3.63, 3.8) is 0 Å². The summed E-state index contributed by atoms with van der Waals surface area (Å²) >= 11 is 0. The van der Waals surface area contributed by atoms with Gasteiger partial charge in [0.1, 0.15) is 12.1 Å². The molecule has 2 N–H and O–H groups in total. The lowest BCUT2D eigenvalue weighted by Crippen LogP contribution is -2.06. The average molecular weight is 218 g/mol. The van der Waals surface area contributed by atoms with Crippen molar-refractivity contribution in [2.75, 3.05) is 0 Å². The minimum atomic E-state index is -0.0834. The van der Waals surface area contributed by atoms with Crippen molar-refractivity contribution in [1.29, 1.82) is 0 Å². The summed E-state index contributed by atoms with van der Waals surface area (Å²) in [5, 5.41) is 4.05. The van der Waals surface area contributed by atoms with Crippen LogP contribution >= 0.6 is 0 Å². The topological polar surface area (TPSA) is 66.0 Å². The largest absolute Gasteiger partial charge is 0.423 e. The van der Waals surface area contributed by atoms with Gasteiger partial charge in [0, 0.05) is 18.7 Å². The first-order valence-electron chi connectivity index (χ1n) is 5.05. The number of benzene rings is 1. The second kappa shape index (κ2) is 4.32. The van der Waals surface area contributed by atoms with Gasteiger partial charge in [0.15, 0.2) is 0 Å². The van der Waals surface area contributed by atoms with Crippen LogP contribution in [0.4, 0.5) is 0 Å². The molecule has 5 nitrogen and oxygen atoms in total. The van der Waals surface area contributed by atoms with E-state index in [1.54, 1.807) is 18.1 Å². The van der Waals surface area contributed by atoms with E-state index in [2.05, 4.69) is 10.1 Å². The number of para-hydroxylation sites is 1. The van der Waals surface area contributed by atoms with Crippen molar-refractivity contribution >= 4 is 0 Å². The van der Waals surface area contributed by atoms with Crippen LogP contribution in [0.5, 0.6) is 11.8 Å². The standard InChI is InChI=1S/C11H14N4O/c1-8(12)9-5-3-4-6-10(9)16-11-13-7-15(2)14-11/h3-8H,12H2,1-2H3. The lowest BCUT2D eigenvalue weighted by molar-refractivity contribution is 0.431. The Morgan fingerprint density at radius 1 is 1.38 bits per heavy atom. The summed E-state index contributed by atoms with van der Waals surface area (Å²) in [5.74, 6) is 0.698. The maximum atomic E-state index is 5.85. The zero-order valence-electron chi connectivity index (χ0n) is 9.29. The number of hydrogen-bond acceptors (Lipinski definition) is 4. The van der Waals surface area contributed by atoms with Gasteiger partial charge in [-0.05, 0) is 13.0 Å². The van der Waals surface area contributed by atoms with Crippen molar-refractivity contribution in [2.45, 2.75) is 13.0 Å². The smallest absolute Gasteiger partial charge is 0.340 e. The summed E-state index contributed by atoms with van der Waals surface area (Å²) in [7, 11) is 1.79. The molecule has 5 heteroatoms. The van der Waals surface area contributed by atoms with Gasteiger partial charge in [-0.2, -0.15) is 4.98 Å². The molecule has 16 heavy (non-hydrogen) atoms. The van der Waals surface area contributed by atoms with Crippen LogP contribution in [0.1, 0.15) is 18.5 Å². The Bertz CT molecular complexity index is 478. The first-order valence-corrected chi connectivity index (χ1v) is 5.05. The molecule has 0 radical (unpaired) electrons. The highest BCUT2D eigenvalue weighted by atomic mass is 16.5. The molecule has 1 atom stereocenters. The van der Waals surface area contributed by atoms with E-state index in [0.717, 1.165) is 5.56 Å². The van der Waals surface area contributed by atoms with Crippen molar-refractivity contribution in [2.24, 2.45) is 12.8 Å². The second-order valence-electron chi connectivity index (χ2n) is 3.63. The molecule has 0 bridgehead atoms. The van der Waals surface area contributed by atoms with E-state index >= 15 is 0 Å². The fraction of sp³-hybridized carbons (Fsp3) is 0.273. The minimum absolute atomic E-state index is 0.0834. The van der Waals surface area contributed by atoms with Crippen molar-refractivity contribution in [3.8, 4) is 11.8 Å². The van der Waals surface area contributed by atoms with E-state index in [9.17, 15) is 0 Å². The molecule has 0 saturated heterocycles. The monoisotopic (exact) mass is 218 g/mol. The van der Waals surface area contributed by atoms with Gasteiger partial charge in [0.25, 0.3) is 0 Å². The Kier molecular flexibility index (Phi) is 2.87. The van der Waals surface area contributed by atoms with Gasteiger partial charge >= 0.3 is 6.01 Å². The van der Waals surface area contributed by atoms with Crippen LogP contribution in [0.15, 0.2) is 30.6 Å². The molecule has 1 aromatic carbocycles. The van der Waals surface area contributed by atoms with Gasteiger partial charge in [-0.3, -0.25) is 4.68 Å². The van der Waals surface area contributed by atoms with Crippen LogP contribution in [0.25, 0.3) is 0 Å². The first-order chi connectivity index (χ1) is 7.66. The first kappa shape index (κ1) is 10.6. The maximum absolute atomic E-state index is 5.85. The highest BCUT2D eigenvalue weighted by Crippen LogP contribution is 2.26. The minimum Gasteiger partial charge on any atom is -0.423 e. The van der Waals surface area contributed by atoms with E-state index in [0.29, 0.717) is 11.8 Å². The summed E-state index contributed by atoms with van der Waals surface area (Å²) in [6.45, 7) is 1.91. The summed E-state index contributed by atoms with van der Waals surface area (Å²) < 4.78 is 7.16. The number of aromatic nitrogens is 3. The third-order valence-electron chi connectivity index (χ3n) is 2.19. The Labute approximate surface area is 93.9 Å². The van der Waals surface area contributed by atoms with Crippen LogP contribution in [0.2, 0.25) is 0 Å². The number of nitrogens with zero attached hydrogens (tertiary/aromatic N) is 3. The van der Waals surface area contributed by atoms with Gasteiger partial charge in [0.05, 0.1) is 0 Å². The van der Waals surface area contributed by atoms with E-state index < -0.39 is 0 Å². The number of aryl methyl sites for hydroxylation is 1. The van der Waals surface area contributed by atoms with Gasteiger partial charge < -0.3 is 10.5 Å². The molecule has 1 unspecified atom stereocenters. The molecule has 0 aliphatic heterocycles. The SMILES string of the molecule is CC(N)c1ccccc1Oc1ncn(C)n1. The van der Waals surface area contributed by atoms with Gasteiger partial charge in [-0.1, -0.05) is 18.2 Å². The molecular formula is C11H14N4O. The summed E-state index contributed by atoms with van der Waals surface area (Å²) in [5.41, 5.74) is 6.79. The Morgan fingerprint density at radius 2 is 2.12 bits per heavy atom. The highest BCUT2D eigenvalue weighted by molar-refractivity contribution is 5.36. The van der Waals surface area contributed by atoms with Crippen LogP contribution in [0, 0.1) is 0 Å². The summed E-state index contributed by atoms with van der Waals surface area (Å²) in [6.07, 6.45) is 1.59. The molecule has 0 aliphatic carbocycles. The van der Waals surface area contributed by atoms with Crippen molar-refractivity contribution in [3.05, 3.63) is 36.2 Å². The molecule has 2 rings (SSSR count). The molecule has 84 valence electrons. The van der Waals surface area contributed by atoms with Gasteiger partial charge in [-0.15, -0.1) is 5.10 Å². The molecule has 0 aliphatic rings. The number of rotatable bonds is 3. The normalized spacial score (nSPS) is 12.4.